The van der Waals surface area contributed by atoms with Gasteiger partial charge in [0.15, 0.2) is 5.82 Å². The second kappa shape index (κ2) is 8.58. The van der Waals surface area contributed by atoms with Gasteiger partial charge in [-0.1, -0.05) is 40.5 Å². The van der Waals surface area contributed by atoms with E-state index in [1.807, 2.05) is 13.8 Å². The Morgan fingerprint density at radius 3 is 2.29 bits per heavy atom. The molecular formula is C16H26N4O. The smallest absolute Gasteiger partial charge is 0.167 e. The van der Waals surface area contributed by atoms with Crippen molar-refractivity contribution in [3.8, 4) is 6.07 Å². The largest absolute Gasteiger partial charge is 0.391 e. The number of hydrogen-bond acceptors (Lipinski definition) is 5. The number of aliphatic hydroxyl groups excluding tert-OH is 1. The Balaban J connectivity index is 2.92. The number of nitrogens with zero attached hydrogens (tertiary/aromatic N) is 3. The van der Waals surface area contributed by atoms with Crippen molar-refractivity contribution in [2.75, 3.05) is 11.9 Å². The summed E-state index contributed by atoms with van der Waals surface area (Å²) in [5, 5.41) is 31.0. The summed E-state index contributed by atoms with van der Waals surface area (Å²) >= 11 is 0. The predicted octanol–water partition coefficient (Wildman–Crippen LogP) is 2.68. The maximum Gasteiger partial charge on any atom is 0.167 e. The Bertz CT molecular complexity index is 492. The first-order valence-corrected chi connectivity index (χ1v) is 7.83. The normalized spacial score (nSPS) is 12.2. The van der Waals surface area contributed by atoms with E-state index >= 15 is 0 Å². The fourth-order valence-electron chi connectivity index (χ4n) is 2.62. The van der Waals surface area contributed by atoms with Gasteiger partial charge in [0.25, 0.3) is 0 Å². The highest BCUT2D eigenvalue weighted by Crippen LogP contribution is 2.20. The highest BCUT2D eigenvalue weighted by molar-refractivity contribution is 5.56. The third kappa shape index (κ3) is 4.15. The fourth-order valence-corrected chi connectivity index (χ4v) is 2.62. The van der Waals surface area contributed by atoms with Crippen molar-refractivity contribution in [1.29, 1.82) is 5.26 Å². The van der Waals surface area contributed by atoms with Crippen LogP contribution in [0.1, 0.15) is 57.4 Å². The Labute approximate surface area is 127 Å². The molecule has 0 saturated carbocycles. The number of aliphatic hydroxyl groups is 1. The molecule has 116 valence electrons. The van der Waals surface area contributed by atoms with E-state index in [9.17, 15) is 10.4 Å². The third-order valence-corrected chi connectivity index (χ3v) is 4.03. The molecule has 0 spiro atoms. The molecule has 0 aliphatic carbocycles. The van der Waals surface area contributed by atoms with Crippen LogP contribution in [0.5, 0.6) is 0 Å². The van der Waals surface area contributed by atoms with Gasteiger partial charge < -0.3 is 10.4 Å². The molecule has 0 bridgehead atoms. The minimum Gasteiger partial charge on any atom is -0.391 e. The van der Waals surface area contributed by atoms with E-state index in [1.54, 1.807) is 0 Å². The van der Waals surface area contributed by atoms with Crippen LogP contribution in [0.4, 0.5) is 5.82 Å². The molecule has 0 aromatic carbocycles. The van der Waals surface area contributed by atoms with Crippen LogP contribution in [-0.4, -0.2) is 28.0 Å². The summed E-state index contributed by atoms with van der Waals surface area (Å²) in [5.41, 5.74) is 2.38. The molecule has 0 aliphatic rings. The lowest BCUT2D eigenvalue weighted by Crippen LogP contribution is -2.28. The molecule has 1 aromatic rings. The van der Waals surface area contributed by atoms with Crippen molar-refractivity contribution in [2.24, 2.45) is 5.92 Å². The number of anilines is 1. The minimum atomic E-state index is -0.440. The lowest BCUT2D eigenvalue weighted by atomic mass is 9.96. The molecule has 0 radical (unpaired) electrons. The first kappa shape index (κ1) is 17.4. The monoisotopic (exact) mass is 290 g/mol. The summed E-state index contributed by atoms with van der Waals surface area (Å²) in [6.45, 7) is 8.56. The lowest BCUT2D eigenvalue weighted by molar-refractivity contribution is 0.114. The van der Waals surface area contributed by atoms with E-state index in [0.717, 1.165) is 36.9 Å². The average Bonchev–Trinajstić information content (AvgIpc) is 2.52. The number of nitrogens with one attached hydrogen (secondary N) is 1. The predicted molar refractivity (Wildman–Crippen MR) is 84.1 cm³/mol. The molecule has 2 N–H and O–H groups in total. The van der Waals surface area contributed by atoms with E-state index in [4.69, 9.17) is 0 Å². The summed E-state index contributed by atoms with van der Waals surface area (Å²) < 4.78 is 0. The van der Waals surface area contributed by atoms with E-state index in [0.29, 0.717) is 17.9 Å². The van der Waals surface area contributed by atoms with Crippen LogP contribution >= 0.6 is 0 Å². The van der Waals surface area contributed by atoms with Crippen molar-refractivity contribution < 1.29 is 5.11 Å². The van der Waals surface area contributed by atoms with Crippen LogP contribution in [0, 0.1) is 17.2 Å². The molecule has 0 aliphatic heterocycles. The highest BCUT2D eigenvalue weighted by atomic mass is 16.3. The van der Waals surface area contributed by atoms with Gasteiger partial charge in [0.1, 0.15) is 11.6 Å². The zero-order chi connectivity index (χ0) is 15.8. The topological polar surface area (TPSA) is 81.8 Å². The summed E-state index contributed by atoms with van der Waals surface area (Å²) in [6, 6.07) is 2.22. The average molecular weight is 290 g/mol. The Kier molecular flexibility index (Phi) is 7.10. The standard InChI is InChI=1S/C16H26N4O/c1-5-11(6-2)15(21)10-18-16-13(9-17)12(7-3)14(8-4)19-20-16/h11,15,21H,5-8,10H2,1-4H3,(H,18,20). The van der Waals surface area contributed by atoms with Crippen molar-refractivity contribution in [2.45, 2.75) is 59.5 Å². The maximum atomic E-state index is 10.2. The van der Waals surface area contributed by atoms with Crippen LogP contribution in [-0.2, 0) is 12.8 Å². The van der Waals surface area contributed by atoms with Gasteiger partial charge in [0.2, 0.25) is 0 Å². The van der Waals surface area contributed by atoms with Gasteiger partial charge in [-0.2, -0.15) is 10.4 Å². The molecule has 0 amide bonds. The molecule has 5 heteroatoms. The van der Waals surface area contributed by atoms with E-state index in [2.05, 4.69) is 35.4 Å². The molecule has 0 fully saturated rings. The van der Waals surface area contributed by atoms with Gasteiger partial charge in [0.05, 0.1) is 11.8 Å². The summed E-state index contributed by atoms with van der Waals surface area (Å²) in [6.07, 6.45) is 2.95. The van der Waals surface area contributed by atoms with E-state index in [1.165, 1.54) is 0 Å². The van der Waals surface area contributed by atoms with Crippen molar-refractivity contribution >= 4 is 5.82 Å². The number of rotatable bonds is 8. The zero-order valence-corrected chi connectivity index (χ0v) is 13.5. The fraction of sp³-hybridized carbons (Fsp3) is 0.688. The summed E-state index contributed by atoms with van der Waals surface area (Å²) in [5.74, 6) is 0.744. The summed E-state index contributed by atoms with van der Waals surface area (Å²) in [7, 11) is 0. The molecule has 1 rings (SSSR count). The van der Waals surface area contributed by atoms with Gasteiger partial charge in [-0.15, -0.1) is 5.10 Å². The van der Waals surface area contributed by atoms with E-state index < -0.39 is 6.10 Å². The van der Waals surface area contributed by atoms with Gasteiger partial charge in [-0.25, -0.2) is 0 Å². The van der Waals surface area contributed by atoms with Crippen molar-refractivity contribution in [1.82, 2.24) is 10.2 Å². The van der Waals surface area contributed by atoms with E-state index in [-0.39, 0.29) is 5.92 Å². The SMILES string of the molecule is CCc1nnc(NCC(O)C(CC)CC)c(C#N)c1CC. The number of hydrogen-bond donors (Lipinski definition) is 2. The van der Waals surface area contributed by atoms with Crippen LogP contribution in [0.15, 0.2) is 0 Å². The highest BCUT2D eigenvalue weighted by Gasteiger charge is 2.18. The number of nitriles is 1. The van der Waals surface area contributed by atoms with Crippen molar-refractivity contribution in [3.63, 3.8) is 0 Å². The zero-order valence-electron chi connectivity index (χ0n) is 13.5. The molecule has 5 nitrogen and oxygen atoms in total. The molecule has 1 atom stereocenters. The summed E-state index contributed by atoms with van der Waals surface area (Å²) in [4.78, 5) is 0. The van der Waals surface area contributed by atoms with Gasteiger partial charge in [-0.05, 0) is 24.3 Å². The molecule has 1 aromatic heterocycles. The quantitative estimate of drug-likeness (QED) is 0.769. The van der Waals surface area contributed by atoms with Crippen LogP contribution in [0.25, 0.3) is 0 Å². The molecule has 1 unspecified atom stereocenters. The lowest BCUT2D eigenvalue weighted by Gasteiger charge is -2.21. The molecule has 21 heavy (non-hydrogen) atoms. The van der Waals surface area contributed by atoms with Crippen LogP contribution in [0.3, 0.4) is 0 Å². The first-order chi connectivity index (χ1) is 10.1. The number of aromatic nitrogens is 2. The number of aryl methyl sites for hydroxylation is 1. The third-order valence-electron chi connectivity index (χ3n) is 4.03. The maximum absolute atomic E-state index is 10.2. The Morgan fingerprint density at radius 1 is 1.14 bits per heavy atom. The van der Waals surface area contributed by atoms with Gasteiger partial charge in [-0.3, -0.25) is 0 Å². The first-order valence-electron chi connectivity index (χ1n) is 7.83. The molecule has 0 saturated heterocycles. The van der Waals surface area contributed by atoms with Gasteiger partial charge >= 0.3 is 0 Å². The second-order valence-corrected chi connectivity index (χ2v) is 5.19. The van der Waals surface area contributed by atoms with Crippen molar-refractivity contribution in [3.05, 3.63) is 16.8 Å². The molecular weight excluding hydrogens is 264 g/mol. The Morgan fingerprint density at radius 2 is 1.81 bits per heavy atom. The van der Waals surface area contributed by atoms with Gasteiger partial charge in [0, 0.05) is 6.54 Å². The Hall–Kier alpha value is -1.67. The minimum absolute atomic E-state index is 0.261. The molecule has 1 heterocycles. The second-order valence-electron chi connectivity index (χ2n) is 5.19. The van der Waals surface area contributed by atoms with Crippen LogP contribution < -0.4 is 5.32 Å². The van der Waals surface area contributed by atoms with Crippen LogP contribution in [0.2, 0.25) is 0 Å².